The summed E-state index contributed by atoms with van der Waals surface area (Å²) in [7, 11) is 0. The Balaban J connectivity index is 2.15. The third-order valence-corrected chi connectivity index (χ3v) is 2.65. The average molecular weight is 194 g/mol. The fraction of sp³-hybridized carbons (Fsp3) is 0.600. The number of rotatable bonds is 1. The molecule has 14 heavy (non-hydrogen) atoms. The van der Waals surface area contributed by atoms with E-state index in [9.17, 15) is 4.79 Å². The molecule has 4 heteroatoms. The van der Waals surface area contributed by atoms with Gasteiger partial charge in [-0.1, -0.05) is 0 Å². The van der Waals surface area contributed by atoms with Gasteiger partial charge in [-0.3, -0.25) is 4.79 Å². The van der Waals surface area contributed by atoms with Crippen molar-refractivity contribution in [1.82, 2.24) is 9.88 Å². The van der Waals surface area contributed by atoms with Crippen molar-refractivity contribution in [2.24, 2.45) is 0 Å². The molecule has 0 saturated carbocycles. The molecule has 4 nitrogen and oxygen atoms in total. The van der Waals surface area contributed by atoms with Crippen molar-refractivity contribution in [2.45, 2.75) is 32.7 Å². The topological polar surface area (TPSA) is 46.3 Å². The van der Waals surface area contributed by atoms with Gasteiger partial charge in [-0.15, -0.1) is 0 Å². The lowest BCUT2D eigenvalue weighted by atomic mass is 10.2. The van der Waals surface area contributed by atoms with Crippen molar-refractivity contribution in [2.75, 3.05) is 6.54 Å². The molecule has 0 bridgehead atoms. The summed E-state index contributed by atoms with van der Waals surface area (Å²) in [6.07, 6.45) is 3.61. The van der Waals surface area contributed by atoms with Crippen LogP contribution in [-0.4, -0.2) is 28.4 Å². The largest absolute Gasteiger partial charge is 0.448 e. The predicted molar refractivity (Wildman–Crippen MR) is 51.0 cm³/mol. The van der Waals surface area contributed by atoms with Crippen LogP contribution in [0.1, 0.15) is 36.1 Å². The van der Waals surface area contributed by atoms with Gasteiger partial charge in [0.1, 0.15) is 6.26 Å². The molecule has 2 rings (SSSR count). The summed E-state index contributed by atoms with van der Waals surface area (Å²) in [6, 6.07) is 0.333. The minimum atomic E-state index is -0.00755. The molecule has 76 valence electrons. The first-order valence-electron chi connectivity index (χ1n) is 4.91. The second-order valence-electron chi connectivity index (χ2n) is 3.74. The number of oxazole rings is 1. The van der Waals surface area contributed by atoms with E-state index < -0.39 is 0 Å². The normalized spacial score (nSPS) is 21.6. The Hall–Kier alpha value is -1.32. The molecule has 0 spiro atoms. The molecule has 1 unspecified atom stereocenters. The Morgan fingerprint density at radius 3 is 3.00 bits per heavy atom. The molecular weight excluding hydrogens is 180 g/mol. The lowest BCUT2D eigenvalue weighted by Crippen LogP contribution is -2.33. The summed E-state index contributed by atoms with van der Waals surface area (Å²) in [4.78, 5) is 17.8. The molecule has 1 atom stereocenters. The van der Waals surface area contributed by atoms with Crippen molar-refractivity contribution >= 4 is 5.91 Å². The standard InChI is InChI=1S/C10H14N2O2/c1-7-4-3-5-12(7)10(13)9-6-14-8(2)11-9/h6-7H,3-5H2,1-2H3. The zero-order chi connectivity index (χ0) is 10.1. The van der Waals surface area contributed by atoms with Crippen molar-refractivity contribution < 1.29 is 9.21 Å². The first kappa shape index (κ1) is 9.24. The Bertz CT molecular complexity index is 346. The maximum Gasteiger partial charge on any atom is 0.276 e. The molecule has 1 aliphatic heterocycles. The minimum absolute atomic E-state index is 0.00755. The fourth-order valence-electron chi connectivity index (χ4n) is 1.84. The second kappa shape index (κ2) is 3.44. The number of aryl methyl sites for hydroxylation is 1. The highest BCUT2D eigenvalue weighted by Crippen LogP contribution is 2.18. The number of aromatic nitrogens is 1. The van der Waals surface area contributed by atoms with Gasteiger partial charge in [0.15, 0.2) is 11.6 Å². The van der Waals surface area contributed by atoms with E-state index in [0.717, 1.165) is 19.4 Å². The SMILES string of the molecule is Cc1nc(C(=O)N2CCCC2C)co1. The monoisotopic (exact) mass is 194 g/mol. The van der Waals surface area contributed by atoms with E-state index in [4.69, 9.17) is 4.42 Å². The zero-order valence-corrected chi connectivity index (χ0v) is 8.49. The number of carbonyl (C=O) groups is 1. The van der Waals surface area contributed by atoms with Gasteiger partial charge in [-0.2, -0.15) is 0 Å². The summed E-state index contributed by atoms with van der Waals surface area (Å²) in [5, 5.41) is 0. The quantitative estimate of drug-likeness (QED) is 0.682. The van der Waals surface area contributed by atoms with Crippen LogP contribution >= 0.6 is 0 Å². The molecule has 1 aliphatic rings. The van der Waals surface area contributed by atoms with E-state index >= 15 is 0 Å². The van der Waals surface area contributed by atoms with Crippen LogP contribution < -0.4 is 0 Å². The molecule has 1 aromatic rings. The van der Waals surface area contributed by atoms with E-state index in [1.54, 1.807) is 6.92 Å². The summed E-state index contributed by atoms with van der Waals surface area (Å²) in [6.45, 7) is 4.65. The van der Waals surface area contributed by atoms with E-state index in [1.165, 1.54) is 6.26 Å². The molecule has 1 saturated heterocycles. The highest BCUT2D eigenvalue weighted by atomic mass is 16.3. The van der Waals surface area contributed by atoms with Gasteiger partial charge in [0.05, 0.1) is 0 Å². The third-order valence-electron chi connectivity index (χ3n) is 2.65. The molecular formula is C10H14N2O2. The van der Waals surface area contributed by atoms with E-state index in [-0.39, 0.29) is 5.91 Å². The fourth-order valence-corrected chi connectivity index (χ4v) is 1.84. The second-order valence-corrected chi connectivity index (χ2v) is 3.74. The zero-order valence-electron chi connectivity index (χ0n) is 8.49. The number of likely N-dealkylation sites (tertiary alicyclic amines) is 1. The maximum atomic E-state index is 11.9. The van der Waals surface area contributed by atoms with Crippen LogP contribution in [-0.2, 0) is 0 Å². The van der Waals surface area contributed by atoms with Crippen molar-refractivity contribution in [3.05, 3.63) is 17.8 Å². The van der Waals surface area contributed by atoms with E-state index in [2.05, 4.69) is 11.9 Å². The third kappa shape index (κ3) is 1.52. The van der Waals surface area contributed by atoms with Gasteiger partial charge < -0.3 is 9.32 Å². The van der Waals surface area contributed by atoms with E-state index in [1.807, 2.05) is 4.90 Å². The van der Waals surface area contributed by atoms with Crippen LogP contribution in [0.5, 0.6) is 0 Å². The number of hydrogen-bond donors (Lipinski definition) is 0. The highest BCUT2D eigenvalue weighted by molar-refractivity contribution is 5.92. The van der Waals surface area contributed by atoms with Gasteiger partial charge in [-0.25, -0.2) is 4.98 Å². The number of amides is 1. The Morgan fingerprint density at radius 1 is 1.71 bits per heavy atom. The van der Waals surface area contributed by atoms with Crippen LogP contribution in [0.3, 0.4) is 0 Å². The van der Waals surface area contributed by atoms with Crippen LogP contribution in [0.4, 0.5) is 0 Å². The van der Waals surface area contributed by atoms with E-state index in [0.29, 0.717) is 17.6 Å². The first-order valence-corrected chi connectivity index (χ1v) is 4.91. The molecule has 0 N–H and O–H groups in total. The molecule has 1 amide bonds. The summed E-state index contributed by atoms with van der Waals surface area (Å²) in [5.41, 5.74) is 0.427. The van der Waals surface area contributed by atoms with Gasteiger partial charge in [0, 0.05) is 19.5 Å². The number of carbonyl (C=O) groups excluding carboxylic acids is 1. The van der Waals surface area contributed by atoms with Crippen LogP contribution in [0.2, 0.25) is 0 Å². The van der Waals surface area contributed by atoms with Crippen LogP contribution in [0.15, 0.2) is 10.7 Å². The summed E-state index contributed by atoms with van der Waals surface area (Å²) < 4.78 is 5.02. The molecule has 1 fully saturated rings. The maximum absolute atomic E-state index is 11.9. The summed E-state index contributed by atoms with van der Waals surface area (Å²) >= 11 is 0. The van der Waals surface area contributed by atoms with Gasteiger partial charge in [0.25, 0.3) is 5.91 Å². The first-order chi connectivity index (χ1) is 6.68. The molecule has 2 heterocycles. The molecule has 0 aromatic carbocycles. The average Bonchev–Trinajstić information content (AvgIpc) is 2.73. The minimum Gasteiger partial charge on any atom is -0.448 e. The van der Waals surface area contributed by atoms with Gasteiger partial charge in [0.2, 0.25) is 0 Å². The molecule has 1 aromatic heterocycles. The van der Waals surface area contributed by atoms with Crippen LogP contribution in [0.25, 0.3) is 0 Å². The van der Waals surface area contributed by atoms with Gasteiger partial charge >= 0.3 is 0 Å². The van der Waals surface area contributed by atoms with Crippen molar-refractivity contribution in [3.8, 4) is 0 Å². The smallest absolute Gasteiger partial charge is 0.276 e. The predicted octanol–water partition coefficient (Wildman–Crippen LogP) is 1.61. The summed E-state index contributed by atoms with van der Waals surface area (Å²) in [5.74, 6) is 0.534. The molecule has 0 aliphatic carbocycles. The lowest BCUT2D eigenvalue weighted by molar-refractivity contribution is 0.0741. The Kier molecular flexibility index (Phi) is 2.27. The van der Waals surface area contributed by atoms with Crippen LogP contribution in [0, 0.1) is 6.92 Å². The van der Waals surface area contributed by atoms with Crippen molar-refractivity contribution in [3.63, 3.8) is 0 Å². The van der Waals surface area contributed by atoms with Crippen molar-refractivity contribution in [1.29, 1.82) is 0 Å². The Morgan fingerprint density at radius 2 is 2.50 bits per heavy atom. The lowest BCUT2D eigenvalue weighted by Gasteiger charge is -2.19. The number of nitrogens with zero attached hydrogens (tertiary/aromatic N) is 2. The molecule has 0 radical (unpaired) electrons. The van der Waals surface area contributed by atoms with Gasteiger partial charge in [-0.05, 0) is 19.8 Å². The number of hydrogen-bond acceptors (Lipinski definition) is 3. The Labute approximate surface area is 82.9 Å². The highest BCUT2D eigenvalue weighted by Gasteiger charge is 2.27.